The van der Waals surface area contributed by atoms with Gasteiger partial charge in [0, 0.05) is 27.8 Å². The van der Waals surface area contributed by atoms with Crippen LogP contribution in [-0.4, -0.2) is 34.8 Å². The molecule has 0 aliphatic heterocycles. The van der Waals surface area contributed by atoms with Gasteiger partial charge in [0.2, 0.25) is 0 Å². The molecule has 1 N–H and O–H groups in total. The first-order valence-electron chi connectivity index (χ1n) is 6.83. The van der Waals surface area contributed by atoms with Gasteiger partial charge in [-0.05, 0) is 18.2 Å². The van der Waals surface area contributed by atoms with Gasteiger partial charge in [0.05, 0.1) is 23.5 Å². The van der Waals surface area contributed by atoms with Crippen LogP contribution in [0.1, 0.15) is 57.4 Å². The molecule has 0 fully saturated rings. The summed E-state index contributed by atoms with van der Waals surface area (Å²) in [5, 5.41) is 41.9. The van der Waals surface area contributed by atoms with Gasteiger partial charge in [0.25, 0.3) is 0 Å². The van der Waals surface area contributed by atoms with Crippen molar-refractivity contribution in [3.63, 3.8) is 0 Å². The number of carboxylic acids is 4. The van der Waals surface area contributed by atoms with Crippen LogP contribution in [0.4, 0.5) is 0 Å². The van der Waals surface area contributed by atoms with Crippen LogP contribution in [0.5, 0.6) is 0 Å². The molecule has 0 bridgehead atoms. The van der Waals surface area contributed by atoms with E-state index in [1.807, 2.05) is 0 Å². The molecule has 0 saturated carbocycles. The zero-order valence-corrected chi connectivity index (χ0v) is 21.7. The van der Waals surface area contributed by atoms with Gasteiger partial charge in [-0.25, -0.2) is 4.79 Å². The Kier molecular flexibility index (Phi) is 13.1. The fourth-order valence-corrected chi connectivity index (χ4v) is 2.24. The predicted octanol–water partition coefficient (Wildman–Crippen LogP) is -11.3. The summed E-state index contributed by atoms with van der Waals surface area (Å²) in [5.41, 5.74) is -3.36. The minimum atomic E-state index is -1.85. The maximum atomic E-state index is 12.4. The number of aromatic carboxylic acids is 4. The first-order valence-corrected chi connectivity index (χ1v) is 6.83. The van der Waals surface area contributed by atoms with Gasteiger partial charge < -0.3 is 34.8 Å². The third-order valence-corrected chi connectivity index (χ3v) is 3.45. The summed E-state index contributed by atoms with van der Waals surface area (Å²) in [7, 11) is 0. The zero-order valence-electron chi connectivity index (χ0n) is 15.7. The molecule has 0 atom stereocenters. The van der Waals surface area contributed by atoms with Crippen molar-refractivity contribution in [1.82, 2.24) is 0 Å². The number of hydrogen-bond acceptors (Lipinski definition) is 8. The predicted molar refractivity (Wildman–Crippen MR) is 76.3 cm³/mol. The van der Waals surface area contributed by atoms with Crippen molar-refractivity contribution in [3.05, 3.63) is 69.8 Å². The molecule has 0 heterocycles. The number of ketones is 1. The fourth-order valence-electron chi connectivity index (χ4n) is 2.24. The van der Waals surface area contributed by atoms with E-state index >= 15 is 0 Å². The molecule has 0 unspecified atom stereocenters. The van der Waals surface area contributed by atoms with Crippen molar-refractivity contribution >= 4 is 29.7 Å². The second-order valence-electron chi connectivity index (χ2n) is 5.02. The molecule has 0 aliphatic rings. The molecule has 0 radical (unpaired) electrons. The Labute approximate surface area is 230 Å². The number of carboxylic acid groups (broad SMARTS) is 4. The van der Waals surface area contributed by atoms with Gasteiger partial charge in [-0.1, -0.05) is 18.2 Å². The van der Waals surface area contributed by atoms with Crippen LogP contribution >= 0.6 is 0 Å². The standard InChI is InChI=1S/C17H10O9.3Na/c18-13(7-1-3-9(14(19)20)11(5-7)16(23)24)8-2-4-10(15(21)22)12(6-8)17(25)26;;;/h1-6H,(H,19,20)(H,21,22)(H,23,24)(H,25,26);;;/q;3*+1/p-3. The van der Waals surface area contributed by atoms with Gasteiger partial charge in [-0.3, -0.25) is 4.79 Å². The van der Waals surface area contributed by atoms with E-state index in [1.165, 1.54) is 0 Å². The topological polar surface area (TPSA) is 175 Å². The van der Waals surface area contributed by atoms with Crippen molar-refractivity contribution in [2.24, 2.45) is 0 Å². The maximum absolute atomic E-state index is 12.4. The number of benzene rings is 2. The SMILES string of the molecule is O=C(c1ccc(C(=O)[O-])c(C(=O)[O-])c1)c1ccc(C(=O)O)c(C(=O)[O-])c1.[Na+].[Na+].[Na+]. The first kappa shape index (κ1) is 30.2. The van der Waals surface area contributed by atoms with E-state index < -0.39 is 51.9 Å². The normalized spacial score (nSPS) is 9.10. The molecule has 9 nitrogen and oxygen atoms in total. The van der Waals surface area contributed by atoms with Crippen molar-refractivity contribution in [3.8, 4) is 0 Å². The average molecular weight is 424 g/mol. The second kappa shape index (κ2) is 12.6. The third kappa shape index (κ3) is 7.02. The first-order chi connectivity index (χ1) is 12.1. The van der Waals surface area contributed by atoms with Crippen LogP contribution in [0.15, 0.2) is 36.4 Å². The Bertz CT molecular complexity index is 909. The van der Waals surface area contributed by atoms with Gasteiger partial charge in [-0.2, -0.15) is 0 Å². The minimum absolute atomic E-state index is 0. The molecule has 0 saturated heterocycles. The molecule has 0 aromatic heterocycles. The quantitative estimate of drug-likeness (QED) is 0.349. The Morgan fingerprint density at radius 3 is 1.28 bits per heavy atom. The Morgan fingerprint density at radius 1 is 0.586 bits per heavy atom. The van der Waals surface area contributed by atoms with Crippen molar-refractivity contribution in [2.45, 2.75) is 0 Å². The molecule has 0 amide bonds. The monoisotopic (exact) mass is 424 g/mol. The van der Waals surface area contributed by atoms with Crippen LogP contribution < -0.4 is 104 Å². The van der Waals surface area contributed by atoms with E-state index in [0.717, 1.165) is 36.4 Å². The summed E-state index contributed by atoms with van der Waals surface area (Å²) in [6.45, 7) is 0. The maximum Gasteiger partial charge on any atom is 1.00 e. The molecule has 2 aromatic carbocycles. The van der Waals surface area contributed by atoms with Gasteiger partial charge in [-0.15, -0.1) is 0 Å². The van der Waals surface area contributed by atoms with Crippen LogP contribution in [0, 0.1) is 0 Å². The average Bonchev–Trinajstić information content (AvgIpc) is 2.59. The number of rotatable bonds is 6. The number of hydrogen-bond donors (Lipinski definition) is 1. The zero-order chi connectivity index (χ0) is 19.6. The Morgan fingerprint density at radius 2 is 0.931 bits per heavy atom. The van der Waals surface area contributed by atoms with Crippen molar-refractivity contribution < 1.29 is 133 Å². The molecule has 2 rings (SSSR count). The molecule has 29 heavy (non-hydrogen) atoms. The van der Waals surface area contributed by atoms with Crippen LogP contribution in [-0.2, 0) is 0 Å². The van der Waals surface area contributed by atoms with Gasteiger partial charge in [0.15, 0.2) is 5.78 Å². The Balaban J connectivity index is 0. The summed E-state index contributed by atoms with van der Waals surface area (Å²) in [4.78, 5) is 56.4. The minimum Gasteiger partial charge on any atom is -0.545 e. The largest absolute Gasteiger partial charge is 1.00 e. The molecular formula is C17H7Na3O9. The van der Waals surface area contributed by atoms with Crippen LogP contribution in [0.2, 0.25) is 0 Å². The molecule has 2 aromatic rings. The number of carbonyl (C=O) groups excluding carboxylic acids is 4. The third-order valence-electron chi connectivity index (χ3n) is 3.45. The van der Waals surface area contributed by atoms with Crippen molar-refractivity contribution in [1.29, 1.82) is 0 Å². The van der Waals surface area contributed by atoms with E-state index in [4.69, 9.17) is 5.11 Å². The summed E-state index contributed by atoms with van der Waals surface area (Å²) < 4.78 is 0. The molecule has 12 heteroatoms. The van der Waals surface area contributed by atoms with Crippen LogP contribution in [0.3, 0.4) is 0 Å². The van der Waals surface area contributed by atoms with E-state index in [1.54, 1.807) is 0 Å². The van der Waals surface area contributed by atoms with Crippen LogP contribution in [0.25, 0.3) is 0 Å². The fraction of sp³-hybridized carbons (Fsp3) is 0. The number of carbonyl (C=O) groups is 5. The molecule has 132 valence electrons. The molecule has 0 aliphatic carbocycles. The van der Waals surface area contributed by atoms with Gasteiger partial charge in [0.1, 0.15) is 0 Å². The van der Waals surface area contributed by atoms with Gasteiger partial charge >= 0.3 is 94.6 Å². The Hall–Kier alpha value is -1.01. The smallest absolute Gasteiger partial charge is 0.545 e. The van der Waals surface area contributed by atoms with E-state index in [0.29, 0.717) is 0 Å². The summed E-state index contributed by atoms with van der Waals surface area (Å²) in [6, 6.07) is 5.27. The summed E-state index contributed by atoms with van der Waals surface area (Å²) >= 11 is 0. The second-order valence-corrected chi connectivity index (χ2v) is 5.02. The molecule has 0 spiro atoms. The van der Waals surface area contributed by atoms with E-state index in [2.05, 4.69) is 0 Å². The molecular weight excluding hydrogens is 417 g/mol. The summed E-state index contributed by atoms with van der Waals surface area (Å²) in [6.07, 6.45) is 0. The summed E-state index contributed by atoms with van der Waals surface area (Å²) in [5.74, 6) is -7.86. The van der Waals surface area contributed by atoms with E-state index in [9.17, 15) is 39.3 Å². The van der Waals surface area contributed by atoms with Crippen molar-refractivity contribution in [2.75, 3.05) is 0 Å². The van der Waals surface area contributed by atoms with E-state index in [-0.39, 0.29) is 99.8 Å².